The van der Waals surface area contributed by atoms with E-state index in [1.165, 1.54) is 0 Å². The van der Waals surface area contributed by atoms with Crippen molar-refractivity contribution in [3.05, 3.63) is 29.8 Å². The van der Waals surface area contributed by atoms with Gasteiger partial charge in [-0.05, 0) is 43.4 Å². The first-order valence-corrected chi connectivity index (χ1v) is 9.22. The Morgan fingerprint density at radius 1 is 1.19 bits per heavy atom. The molecule has 144 valence electrons. The van der Waals surface area contributed by atoms with Crippen LogP contribution in [0.25, 0.3) is 0 Å². The first-order valence-electron chi connectivity index (χ1n) is 9.22. The number of hydrogen-bond acceptors (Lipinski definition) is 3. The minimum absolute atomic E-state index is 0.0233. The number of nitrogens with one attached hydrogen (secondary N) is 1. The number of rotatable bonds is 6. The number of ether oxygens (including phenoxy) is 1. The van der Waals surface area contributed by atoms with Crippen LogP contribution in [-0.4, -0.2) is 35.9 Å². The van der Waals surface area contributed by atoms with Crippen LogP contribution in [0.1, 0.15) is 53.0 Å². The van der Waals surface area contributed by atoms with E-state index in [9.17, 15) is 9.59 Å². The fourth-order valence-electron chi connectivity index (χ4n) is 3.86. The zero-order valence-corrected chi connectivity index (χ0v) is 16.9. The maximum Gasteiger partial charge on any atom is 0.225 e. The molecule has 1 N–H and O–H groups in total. The number of nitrogens with zero attached hydrogens (tertiary/aromatic N) is 1. The largest absolute Gasteiger partial charge is 0.497 e. The summed E-state index contributed by atoms with van der Waals surface area (Å²) in [5.74, 6) is 0.527. The van der Waals surface area contributed by atoms with E-state index in [0.29, 0.717) is 13.1 Å². The van der Waals surface area contributed by atoms with Crippen LogP contribution in [0.15, 0.2) is 24.3 Å². The maximum absolute atomic E-state index is 12.7. The van der Waals surface area contributed by atoms with Gasteiger partial charge in [0, 0.05) is 25.0 Å². The molecule has 1 fully saturated rings. The molecule has 2 amide bonds. The topological polar surface area (TPSA) is 58.6 Å². The number of carbonyl (C=O) groups is 2. The third-order valence-corrected chi connectivity index (χ3v) is 4.55. The van der Waals surface area contributed by atoms with Crippen LogP contribution in [0.5, 0.6) is 5.75 Å². The normalized spacial score (nSPS) is 18.2. The molecule has 0 saturated carbocycles. The summed E-state index contributed by atoms with van der Waals surface area (Å²) in [6.45, 7) is 11.6. The Balaban J connectivity index is 1.94. The molecule has 1 aromatic rings. The lowest BCUT2D eigenvalue weighted by Crippen LogP contribution is -2.48. The number of likely N-dealkylation sites (tertiary alicyclic amines) is 1. The molecule has 0 radical (unpaired) electrons. The fraction of sp³-hybridized carbons (Fsp3) is 0.619. The van der Waals surface area contributed by atoms with Gasteiger partial charge in [-0.3, -0.25) is 9.59 Å². The van der Waals surface area contributed by atoms with Crippen LogP contribution in [0.3, 0.4) is 0 Å². The number of benzene rings is 1. The van der Waals surface area contributed by atoms with Crippen molar-refractivity contribution in [2.24, 2.45) is 11.3 Å². The van der Waals surface area contributed by atoms with Crippen molar-refractivity contribution in [1.29, 1.82) is 0 Å². The average Bonchev–Trinajstić information content (AvgIpc) is 2.86. The Bertz CT molecular complexity index is 644. The third kappa shape index (κ3) is 5.75. The second-order valence-corrected chi connectivity index (χ2v) is 9.13. The lowest BCUT2D eigenvalue weighted by molar-refractivity contribution is -0.129. The molecular weight excluding hydrogens is 328 g/mol. The molecule has 0 aliphatic carbocycles. The van der Waals surface area contributed by atoms with Gasteiger partial charge in [0.15, 0.2) is 0 Å². The Kier molecular flexibility index (Phi) is 5.99. The molecule has 1 saturated heterocycles. The maximum atomic E-state index is 12.7. The smallest absolute Gasteiger partial charge is 0.225 e. The van der Waals surface area contributed by atoms with Gasteiger partial charge < -0.3 is 15.0 Å². The van der Waals surface area contributed by atoms with Gasteiger partial charge in [0.25, 0.3) is 0 Å². The van der Waals surface area contributed by atoms with Crippen LogP contribution in [0, 0.1) is 11.3 Å². The summed E-state index contributed by atoms with van der Waals surface area (Å²) in [4.78, 5) is 26.8. The van der Waals surface area contributed by atoms with Gasteiger partial charge in [-0.2, -0.15) is 0 Å². The Labute approximate surface area is 157 Å². The molecule has 5 heteroatoms. The second kappa shape index (κ2) is 7.68. The van der Waals surface area contributed by atoms with Crippen molar-refractivity contribution < 1.29 is 14.3 Å². The van der Waals surface area contributed by atoms with E-state index >= 15 is 0 Å². The van der Waals surface area contributed by atoms with Gasteiger partial charge in [-0.25, -0.2) is 0 Å². The molecule has 0 spiro atoms. The molecule has 0 bridgehead atoms. The van der Waals surface area contributed by atoms with Crippen LogP contribution < -0.4 is 10.1 Å². The molecule has 1 atom stereocenters. The number of carbonyl (C=O) groups excluding carboxylic acids is 2. The van der Waals surface area contributed by atoms with Crippen molar-refractivity contribution >= 4 is 11.8 Å². The van der Waals surface area contributed by atoms with Gasteiger partial charge in [-0.1, -0.05) is 32.9 Å². The van der Waals surface area contributed by atoms with Crippen LogP contribution in [-0.2, 0) is 16.1 Å². The van der Waals surface area contributed by atoms with E-state index in [0.717, 1.165) is 17.7 Å². The molecule has 2 rings (SSSR count). The summed E-state index contributed by atoms with van der Waals surface area (Å²) in [7, 11) is 1.63. The highest BCUT2D eigenvalue weighted by Crippen LogP contribution is 2.28. The van der Waals surface area contributed by atoms with E-state index in [2.05, 4.69) is 26.1 Å². The third-order valence-electron chi connectivity index (χ3n) is 4.55. The first kappa shape index (κ1) is 20.3. The molecule has 1 aliphatic rings. The van der Waals surface area contributed by atoms with Gasteiger partial charge >= 0.3 is 0 Å². The minimum atomic E-state index is -0.290. The predicted molar refractivity (Wildman–Crippen MR) is 103 cm³/mol. The van der Waals surface area contributed by atoms with Crippen molar-refractivity contribution in [2.45, 2.75) is 59.5 Å². The van der Waals surface area contributed by atoms with E-state index in [1.54, 1.807) is 12.0 Å². The Morgan fingerprint density at radius 2 is 1.81 bits per heavy atom. The average molecular weight is 360 g/mol. The summed E-state index contributed by atoms with van der Waals surface area (Å²) < 4.78 is 5.16. The Hall–Kier alpha value is -2.04. The standard InChI is InChI=1S/C21H32N2O3/c1-20(2,3)14-21(4,5)22-19(25)16-11-18(24)23(13-16)12-15-7-9-17(26-6)10-8-15/h7-10,16H,11-14H2,1-6H3,(H,22,25). The van der Waals surface area contributed by atoms with Crippen LogP contribution in [0.4, 0.5) is 0 Å². The van der Waals surface area contributed by atoms with Crippen molar-refractivity contribution in [3.63, 3.8) is 0 Å². The van der Waals surface area contributed by atoms with Crippen LogP contribution in [0.2, 0.25) is 0 Å². The summed E-state index contributed by atoms with van der Waals surface area (Å²) >= 11 is 0. The highest BCUT2D eigenvalue weighted by atomic mass is 16.5. The first-order chi connectivity index (χ1) is 12.0. The fourth-order valence-corrected chi connectivity index (χ4v) is 3.86. The molecule has 1 aliphatic heterocycles. The van der Waals surface area contributed by atoms with Gasteiger partial charge in [-0.15, -0.1) is 0 Å². The Morgan fingerprint density at radius 3 is 2.35 bits per heavy atom. The van der Waals surface area contributed by atoms with Crippen molar-refractivity contribution in [3.8, 4) is 5.75 Å². The predicted octanol–water partition coefficient (Wildman–Crippen LogP) is 3.37. The zero-order chi connectivity index (χ0) is 19.5. The molecule has 1 aromatic carbocycles. The quantitative estimate of drug-likeness (QED) is 0.846. The number of methoxy groups -OCH3 is 1. The van der Waals surface area contributed by atoms with E-state index in [4.69, 9.17) is 4.74 Å². The molecule has 1 unspecified atom stereocenters. The van der Waals surface area contributed by atoms with Crippen molar-refractivity contribution in [1.82, 2.24) is 10.2 Å². The highest BCUT2D eigenvalue weighted by molar-refractivity contribution is 5.89. The lowest BCUT2D eigenvalue weighted by atomic mass is 9.81. The molecular formula is C21H32N2O3. The summed E-state index contributed by atoms with van der Waals surface area (Å²) in [6, 6.07) is 7.67. The van der Waals surface area contributed by atoms with E-state index in [1.807, 2.05) is 38.1 Å². The molecule has 1 heterocycles. The summed E-state index contributed by atoms with van der Waals surface area (Å²) in [6.07, 6.45) is 1.16. The van der Waals surface area contributed by atoms with Crippen molar-refractivity contribution in [2.75, 3.05) is 13.7 Å². The van der Waals surface area contributed by atoms with Gasteiger partial charge in [0.1, 0.15) is 5.75 Å². The molecule has 26 heavy (non-hydrogen) atoms. The number of hydrogen-bond donors (Lipinski definition) is 1. The SMILES string of the molecule is COc1ccc(CN2CC(C(=O)NC(C)(C)CC(C)(C)C)CC2=O)cc1. The second-order valence-electron chi connectivity index (χ2n) is 9.13. The summed E-state index contributed by atoms with van der Waals surface area (Å²) in [5, 5.41) is 3.14. The molecule has 5 nitrogen and oxygen atoms in total. The minimum Gasteiger partial charge on any atom is -0.497 e. The monoisotopic (exact) mass is 360 g/mol. The highest BCUT2D eigenvalue weighted by Gasteiger charge is 2.37. The van der Waals surface area contributed by atoms with Crippen LogP contribution >= 0.6 is 0 Å². The van der Waals surface area contributed by atoms with E-state index < -0.39 is 0 Å². The molecule has 0 aromatic heterocycles. The van der Waals surface area contributed by atoms with Gasteiger partial charge in [0.05, 0.1) is 13.0 Å². The zero-order valence-electron chi connectivity index (χ0n) is 16.9. The lowest BCUT2D eigenvalue weighted by Gasteiger charge is -2.34. The summed E-state index contributed by atoms with van der Waals surface area (Å²) in [5.41, 5.74) is 0.873. The number of amides is 2. The van der Waals surface area contributed by atoms with Gasteiger partial charge in [0.2, 0.25) is 11.8 Å². The van der Waals surface area contributed by atoms with E-state index in [-0.39, 0.29) is 35.1 Å².